The first-order valence-corrected chi connectivity index (χ1v) is 6.21. The predicted octanol–water partition coefficient (Wildman–Crippen LogP) is 3.42. The van der Waals surface area contributed by atoms with Crippen LogP contribution in [0.1, 0.15) is 19.5 Å². The number of anilines is 1. The quantitative estimate of drug-likeness (QED) is 0.918. The van der Waals surface area contributed by atoms with Crippen LogP contribution in [0.3, 0.4) is 0 Å². The SMILES string of the molecule is CCNc1cc(CC)nc(-c2ccc(F)c(F)c2)n1. The zero-order chi connectivity index (χ0) is 13.8. The molecular weight excluding hydrogens is 248 g/mol. The minimum absolute atomic E-state index is 0.397. The van der Waals surface area contributed by atoms with Gasteiger partial charge in [0.1, 0.15) is 5.82 Å². The zero-order valence-electron chi connectivity index (χ0n) is 10.9. The lowest BCUT2D eigenvalue weighted by Gasteiger charge is -2.08. The zero-order valence-corrected chi connectivity index (χ0v) is 10.9. The molecule has 1 aromatic heterocycles. The molecule has 1 heterocycles. The van der Waals surface area contributed by atoms with Gasteiger partial charge in [-0.3, -0.25) is 0 Å². The van der Waals surface area contributed by atoms with E-state index in [1.807, 2.05) is 19.9 Å². The van der Waals surface area contributed by atoms with Crippen molar-refractivity contribution in [3.63, 3.8) is 0 Å². The molecule has 0 spiro atoms. The monoisotopic (exact) mass is 263 g/mol. The van der Waals surface area contributed by atoms with Gasteiger partial charge in [0.25, 0.3) is 0 Å². The molecule has 0 bridgehead atoms. The van der Waals surface area contributed by atoms with Crippen LogP contribution in [0.2, 0.25) is 0 Å². The standard InChI is InChI=1S/C14H15F2N3/c1-3-10-8-13(17-4-2)19-14(18-10)9-5-6-11(15)12(16)7-9/h5-8H,3-4H2,1-2H3,(H,17,18,19). The summed E-state index contributed by atoms with van der Waals surface area (Å²) in [5.41, 5.74) is 1.32. The number of aryl methyl sites for hydroxylation is 1. The van der Waals surface area contributed by atoms with Crippen molar-refractivity contribution in [3.05, 3.63) is 41.6 Å². The molecule has 2 aromatic rings. The number of rotatable bonds is 4. The molecule has 0 aliphatic heterocycles. The first-order chi connectivity index (χ1) is 9.13. The van der Waals surface area contributed by atoms with Gasteiger partial charge >= 0.3 is 0 Å². The highest BCUT2D eigenvalue weighted by molar-refractivity contribution is 5.57. The second-order valence-electron chi connectivity index (χ2n) is 4.08. The molecule has 0 aliphatic carbocycles. The Bertz CT molecular complexity index is 585. The first-order valence-electron chi connectivity index (χ1n) is 6.21. The molecule has 0 unspecified atom stereocenters. The average Bonchev–Trinajstić information content (AvgIpc) is 2.42. The minimum Gasteiger partial charge on any atom is -0.370 e. The number of nitrogens with one attached hydrogen (secondary N) is 1. The molecule has 0 fully saturated rings. The van der Waals surface area contributed by atoms with Crippen LogP contribution in [0.4, 0.5) is 14.6 Å². The third kappa shape index (κ3) is 3.05. The van der Waals surface area contributed by atoms with Crippen molar-refractivity contribution in [1.82, 2.24) is 9.97 Å². The van der Waals surface area contributed by atoms with Crippen LogP contribution in [0, 0.1) is 11.6 Å². The molecule has 19 heavy (non-hydrogen) atoms. The summed E-state index contributed by atoms with van der Waals surface area (Å²) in [7, 11) is 0. The normalized spacial score (nSPS) is 10.5. The van der Waals surface area contributed by atoms with E-state index in [2.05, 4.69) is 15.3 Å². The van der Waals surface area contributed by atoms with Crippen molar-refractivity contribution in [2.45, 2.75) is 20.3 Å². The van der Waals surface area contributed by atoms with Crippen molar-refractivity contribution < 1.29 is 8.78 Å². The lowest BCUT2D eigenvalue weighted by Crippen LogP contribution is -2.04. The van der Waals surface area contributed by atoms with Crippen molar-refractivity contribution in [1.29, 1.82) is 0 Å². The highest BCUT2D eigenvalue weighted by Gasteiger charge is 2.09. The number of nitrogens with zero attached hydrogens (tertiary/aromatic N) is 2. The Morgan fingerprint density at radius 1 is 1.05 bits per heavy atom. The molecule has 100 valence electrons. The van der Waals surface area contributed by atoms with E-state index in [-0.39, 0.29) is 0 Å². The average molecular weight is 263 g/mol. The smallest absolute Gasteiger partial charge is 0.161 e. The Balaban J connectivity index is 2.47. The summed E-state index contributed by atoms with van der Waals surface area (Å²) in [6.45, 7) is 4.68. The summed E-state index contributed by atoms with van der Waals surface area (Å²) in [5, 5.41) is 3.10. The van der Waals surface area contributed by atoms with Crippen LogP contribution in [0.25, 0.3) is 11.4 Å². The third-order valence-electron chi connectivity index (χ3n) is 2.68. The third-order valence-corrected chi connectivity index (χ3v) is 2.68. The molecule has 1 aromatic carbocycles. The van der Waals surface area contributed by atoms with Crippen LogP contribution in [-0.2, 0) is 6.42 Å². The van der Waals surface area contributed by atoms with E-state index in [4.69, 9.17) is 0 Å². The van der Waals surface area contributed by atoms with Gasteiger partial charge in [0.05, 0.1) is 0 Å². The van der Waals surface area contributed by atoms with Gasteiger partial charge in [0.2, 0.25) is 0 Å². The predicted molar refractivity (Wildman–Crippen MR) is 70.9 cm³/mol. The number of halogens is 2. The topological polar surface area (TPSA) is 37.8 Å². The van der Waals surface area contributed by atoms with E-state index in [0.717, 1.165) is 30.8 Å². The van der Waals surface area contributed by atoms with E-state index in [0.29, 0.717) is 17.2 Å². The van der Waals surface area contributed by atoms with E-state index >= 15 is 0 Å². The summed E-state index contributed by atoms with van der Waals surface area (Å²) in [6, 6.07) is 5.52. The Labute approximate surface area is 110 Å². The molecule has 5 heteroatoms. The molecule has 0 aliphatic rings. The van der Waals surface area contributed by atoms with Crippen molar-refractivity contribution in [3.8, 4) is 11.4 Å². The molecule has 0 atom stereocenters. The number of benzene rings is 1. The van der Waals surface area contributed by atoms with Gasteiger partial charge in [0, 0.05) is 23.9 Å². The van der Waals surface area contributed by atoms with E-state index in [1.165, 1.54) is 6.07 Å². The van der Waals surface area contributed by atoms with Gasteiger partial charge in [-0.25, -0.2) is 18.7 Å². The van der Waals surface area contributed by atoms with Gasteiger partial charge in [-0.05, 0) is 31.5 Å². The maximum absolute atomic E-state index is 13.2. The fourth-order valence-corrected chi connectivity index (χ4v) is 1.71. The summed E-state index contributed by atoms with van der Waals surface area (Å²) in [6.07, 6.45) is 0.748. The number of aromatic nitrogens is 2. The Kier molecular flexibility index (Phi) is 4.04. The Hall–Kier alpha value is -2.04. The summed E-state index contributed by atoms with van der Waals surface area (Å²) in [4.78, 5) is 8.64. The molecule has 0 saturated carbocycles. The van der Waals surface area contributed by atoms with Gasteiger partial charge < -0.3 is 5.32 Å². The highest BCUT2D eigenvalue weighted by Crippen LogP contribution is 2.20. The Morgan fingerprint density at radius 2 is 1.84 bits per heavy atom. The number of hydrogen-bond acceptors (Lipinski definition) is 3. The van der Waals surface area contributed by atoms with Crippen molar-refractivity contribution in [2.24, 2.45) is 0 Å². The lowest BCUT2D eigenvalue weighted by atomic mass is 10.2. The highest BCUT2D eigenvalue weighted by atomic mass is 19.2. The molecule has 3 nitrogen and oxygen atoms in total. The van der Waals surface area contributed by atoms with Gasteiger partial charge in [-0.2, -0.15) is 0 Å². The van der Waals surface area contributed by atoms with E-state index in [1.54, 1.807) is 0 Å². The maximum Gasteiger partial charge on any atom is 0.161 e. The largest absolute Gasteiger partial charge is 0.370 e. The van der Waals surface area contributed by atoms with Gasteiger partial charge in [0.15, 0.2) is 17.5 Å². The molecule has 0 radical (unpaired) electrons. The van der Waals surface area contributed by atoms with E-state index < -0.39 is 11.6 Å². The molecule has 1 N–H and O–H groups in total. The van der Waals surface area contributed by atoms with Crippen LogP contribution < -0.4 is 5.32 Å². The van der Waals surface area contributed by atoms with Crippen LogP contribution in [-0.4, -0.2) is 16.5 Å². The first kappa shape index (κ1) is 13.4. The molecule has 0 amide bonds. The van der Waals surface area contributed by atoms with E-state index in [9.17, 15) is 8.78 Å². The molecular formula is C14H15F2N3. The van der Waals surface area contributed by atoms with Crippen molar-refractivity contribution in [2.75, 3.05) is 11.9 Å². The fourth-order valence-electron chi connectivity index (χ4n) is 1.71. The second-order valence-corrected chi connectivity index (χ2v) is 4.08. The van der Waals surface area contributed by atoms with Crippen molar-refractivity contribution >= 4 is 5.82 Å². The van der Waals surface area contributed by atoms with Gasteiger partial charge in [-0.15, -0.1) is 0 Å². The summed E-state index contributed by atoms with van der Waals surface area (Å²) in [5.74, 6) is -0.682. The number of hydrogen-bond donors (Lipinski definition) is 1. The lowest BCUT2D eigenvalue weighted by molar-refractivity contribution is 0.509. The second kappa shape index (κ2) is 5.73. The van der Waals surface area contributed by atoms with Crippen LogP contribution >= 0.6 is 0 Å². The summed E-state index contributed by atoms with van der Waals surface area (Å²) >= 11 is 0. The Morgan fingerprint density at radius 3 is 2.47 bits per heavy atom. The molecule has 2 rings (SSSR count). The summed E-state index contributed by atoms with van der Waals surface area (Å²) < 4.78 is 26.2. The molecule has 0 saturated heterocycles. The maximum atomic E-state index is 13.2. The van der Waals surface area contributed by atoms with Crippen LogP contribution in [0.15, 0.2) is 24.3 Å². The minimum atomic E-state index is -0.895. The fraction of sp³-hybridized carbons (Fsp3) is 0.286. The van der Waals surface area contributed by atoms with Crippen LogP contribution in [0.5, 0.6) is 0 Å². The van der Waals surface area contributed by atoms with Gasteiger partial charge in [-0.1, -0.05) is 6.92 Å².